The Morgan fingerprint density at radius 1 is 0.641 bits per heavy atom. The SMILES string of the molecule is CC(C)c1ccccc1-[n+]1ccc(-c2cc[n+](-c3cccc(C#N)c3)cc2)cc1.F[B-](F)(F)F.F[B-](F)(F)F. The number of nitrogens with zero attached hydrogens (tertiary/aromatic N) is 3. The van der Waals surface area contributed by atoms with Crippen molar-refractivity contribution in [3.63, 3.8) is 0 Å². The molecule has 2 heterocycles. The molecule has 4 rings (SSSR count). The lowest BCUT2D eigenvalue weighted by Crippen LogP contribution is -2.31. The number of para-hydroxylation sites is 1. The summed E-state index contributed by atoms with van der Waals surface area (Å²) in [6, 6.07) is 26.8. The zero-order valence-corrected chi connectivity index (χ0v) is 20.8. The number of hydrogen-bond acceptors (Lipinski definition) is 1. The van der Waals surface area contributed by atoms with Crippen LogP contribution in [0.15, 0.2) is 97.6 Å². The fourth-order valence-electron chi connectivity index (χ4n) is 3.52. The van der Waals surface area contributed by atoms with E-state index >= 15 is 0 Å². The van der Waals surface area contributed by atoms with E-state index in [9.17, 15) is 34.5 Å². The number of hydrogen-bond donors (Lipinski definition) is 0. The number of nitriles is 1. The molecular formula is C26H23B2F8N3. The van der Waals surface area contributed by atoms with Crippen molar-refractivity contribution in [1.29, 1.82) is 5.26 Å². The Labute approximate surface area is 220 Å². The van der Waals surface area contributed by atoms with Gasteiger partial charge in [-0.15, -0.1) is 0 Å². The predicted molar refractivity (Wildman–Crippen MR) is 134 cm³/mol. The average molecular weight is 551 g/mol. The Bertz CT molecular complexity index is 1360. The molecule has 0 aliphatic rings. The van der Waals surface area contributed by atoms with Gasteiger partial charge in [-0.1, -0.05) is 38.1 Å². The normalized spacial score (nSPS) is 11.0. The Balaban J connectivity index is 0.000000458. The number of pyridine rings is 2. The standard InChI is InChI=1S/C26H23N3.2BF4/c1-20(2)25-8-3-4-9-26(25)29-16-12-23(13-17-29)22-10-14-28(15-11-22)24-7-5-6-21(18-24)19-27;2*2-1(3,4)5/h3-18,20H,1-2H3;;/q+2;2*-1. The molecule has 4 aromatic rings. The van der Waals surface area contributed by atoms with Crippen LogP contribution in [0.1, 0.15) is 30.9 Å². The maximum absolute atomic E-state index is 9.75. The molecule has 2 aromatic heterocycles. The highest BCUT2D eigenvalue weighted by molar-refractivity contribution is 6.50. The minimum Gasteiger partial charge on any atom is -0.418 e. The molecule has 3 nitrogen and oxygen atoms in total. The van der Waals surface area contributed by atoms with E-state index in [2.05, 4.69) is 85.4 Å². The van der Waals surface area contributed by atoms with Gasteiger partial charge >= 0.3 is 14.5 Å². The number of halogens is 8. The Morgan fingerprint density at radius 2 is 1.10 bits per heavy atom. The summed E-state index contributed by atoms with van der Waals surface area (Å²) in [6.07, 6.45) is 8.30. The first-order valence-corrected chi connectivity index (χ1v) is 11.5. The zero-order valence-electron chi connectivity index (χ0n) is 20.8. The number of aromatic nitrogens is 2. The van der Waals surface area contributed by atoms with E-state index in [1.54, 1.807) is 0 Å². The van der Waals surface area contributed by atoms with Gasteiger partial charge in [0, 0.05) is 48.0 Å². The first-order chi connectivity index (χ1) is 18.2. The van der Waals surface area contributed by atoms with E-state index in [1.807, 2.05) is 41.2 Å². The van der Waals surface area contributed by atoms with Crippen LogP contribution < -0.4 is 9.13 Å². The van der Waals surface area contributed by atoms with Crippen molar-refractivity contribution in [3.8, 4) is 28.6 Å². The van der Waals surface area contributed by atoms with Crippen LogP contribution in [0, 0.1) is 11.3 Å². The molecule has 0 unspecified atom stereocenters. The third-order valence-corrected chi connectivity index (χ3v) is 5.10. The molecule has 0 fully saturated rings. The van der Waals surface area contributed by atoms with Gasteiger partial charge in [0.1, 0.15) is 0 Å². The summed E-state index contributed by atoms with van der Waals surface area (Å²) in [5.74, 6) is 0.475. The van der Waals surface area contributed by atoms with Gasteiger partial charge in [0.05, 0.1) is 11.6 Å². The summed E-state index contributed by atoms with van der Waals surface area (Å²) in [7, 11) is -12.0. The van der Waals surface area contributed by atoms with Crippen molar-refractivity contribution in [2.45, 2.75) is 19.8 Å². The van der Waals surface area contributed by atoms with Crippen molar-refractivity contribution in [3.05, 3.63) is 109 Å². The van der Waals surface area contributed by atoms with Gasteiger partial charge in [0.25, 0.3) is 0 Å². The van der Waals surface area contributed by atoms with Crippen molar-refractivity contribution in [2.75, 3.05) is 0 Å². The van der Waals surface area contributed by atoms with Crippen LogP contribution >= 0.6 is 0 Å². The lowest BCUT2D eigenvalue weighted by Gasteiger charge is -2.08. The molecule has 204 valence electrons. The molecule has 0 aliphatic heterocycles. The minimum atomic E-state index is -6.00. The summed E-state index contributed by atoms with van der Waals surface area (Å²) in [5, 5.41) is 9.09. The summed E-state index contributed by atoms with van der Waals surface area (Å²) >= 11 is 0. The molecule has 0 atom stereocenters. The maximum atomic E-state index is 9.75. The molecular weight excluding hydrogens is 528 g/mol. The van der Waals surface area contributed by atoms with Gasteiger partial charge in [0.15, 0.2) is 24.8 Å². The van der Waals surface area contributed by atoms with E-state index in [0.29, 0.717) is 11.5 Å². The van der Waals surface area contributed by atoms with Crippen LogP contribution in [-0.2, 0) is 0 Å². The highest BCUT2D eigenvalue weighted by Gasteiger charge is 2.21. The zero-order chi connectivity index (χ0) is 29.2. The molecule has 0 amide bonds. The first-order valence-electron chi connectivity index (χ1n) is 11.5. The second-order valence-corrected chi connectivity index (χ2v) is 8.35. The first kappa shape index (κ1) is 31.0. The van der Waals surface area contributed by atoms with Gasteiger partial charge < -0.3 is 34.5 Å². The largest absolute Gasteiger partial charge is 0.673 e. The fourth-order valence-corrected chi connectivity index (χ4v) is 3.52. The maximum Gasteiger partial charge on any atom is 0.673 e. The quantitative estimate of drug-likeness (QED) is 0.147. The molecule has 0 saturated heterocycles. The van der Waals surface area contributed by atoms with Crippen LogP contribution in [0.4, 0.5) is 34.5 Å². The van der Waals surface area contributed by atoms with Crippen LogP contribution in [0.2, 0.25) is 0 Å². The summed E-state index contributed by atoms with van der Waals surface area (Å²) < 4.78 is 82.2. The summed E-state index contributed by atoms with van der Waals surface area (Å²) in [5.41, 5.74) is 6.52. The Morgan fingerprint density at radius 3 is 1.56 bits per heavy atom. The lowest BCUT2D eigenvalue weighted by atomic mass is 10.0. The van der Waals surface area contributed by atoms with Crippen molar-refractivity contribution < 1.29 is 43.7 Å². The molecule has 0 bridgehead atoms. The van der Waals surface area contributed by atoms with E-state index < -0.39 is 14.5 Å². The Kier molecular flexibility index (Phi) is 10.8. The third kappa shape index (κ3) is 11.4. The Hall–Kier alpha value is -4.20. The van der Waals surface area contributed by atoms with Crippen molar-refractivity contribution in [2.24, 2.45) is 0 Å². The van der Waals surface area contributed by atoms with Gasteiger partial charge in [-0.05, 0) is 23.1 Å². The summed E-state index contributed by atoms with van der Waals surface area (Å²) in [4.78, 5) is 0. The highest BCUT2D eigenvalue weighted by Crippen LogP contribution is 2.21. The van der Waals surface area contributed by atoms with Crippen LogP contribution in [0.5, 0.6) is 0 Å². The third-order valence-electron chi connectivity index (χ3n) is 5.10. The van der Waals surface area contributed by atoms with Crippen molar-refractivity contribution in [1.82, 2.24) is 0 Å². The average Bonchev–Trinajstić information content (AvgIpc) is 2.87. The molecule has 13 heteroatoms. The predicted octanol–water partition coefficient (Wildman–Crippen LogP) is 7.50. The van der Waals surface area contributed by atoms with E-state index in [-0.39, 0.29) is 0 Å². The van der Waals surface area contributed by atoms with Crippen molar-refractivity contribution >= 4 is 14.5 Å². The molecule has 0 aliphatic carbocycles. The summed E-state index contributed by atoms with van der Waals surface area (Å²) in [6.45, 7) is 4.44. The molecule has 39 heavy (non-hydrogen) atoms. The van der Waals surface area contributed by atoms with Gasteiger partial charge in [-0.25, -0.2) is 0 Å². The number of benzene rings is 2. The molecule has 0 spiro atoms. The molecule has 0 radical (unpaired) electrons. The number of rotatable bonds is 4. The molecule has 0 saturated carbocycles. The lowest BCUT2D eigenvalue weighted by molar-refractivity contribution is -0.596. The molecule has 2 aromatic carbocycles. The topological polar surface area (TPSA) is 31.5 Å². The van der Waals surface area contributed by atoms with Gasteiger partial charge in [0.2, 0.25) is 11.4 Å². The fraction of sp³-hybridized carbons (Fsp3) is 0.115. The van der Waals surface area contributed by atoms with E-state index in [4.69, 9.17) is 5.26 Å². The highest BCUT2D eigenvalue weighted by atomic mass is 19.5. The second kappa shape index (κ2) is 13.6. The van der Waals surface area contributed by atoms with Crippen LogP contribution in [0.25, 0.3) is 22.5 Å². The van der Waals surface area contributed by atoms with Gasteiger partial charge in [-0.3, -0.25) is 0 Å². The smallest absolute Gasteiger partial charge is 0.418 e. The van der Waals surface area contributed by atoms with Crippen LogP contribution in [0.3, 0.4) is 0 Å². The van der Waals surface area contributed by atoms with Gasteiger partial charge in [-0.2, -0.15) is 14.4 Å². The van der Waals surface area contributed by atoms with E-state index in [0.717, 1.165) is 11.3 Å². The minimum absolute atomic E-state index is 0.475. The second-order valence-electron chi connectivity index (χ2n) is 8.35. The molecule has 0 N–H and O–H groups in total. The van der Waals surface area contributed by atoms with Crippen LogP contribution in [-0.4, -0.2) is 14.5 Å². The monoisotopic (exact) mass is 551 g/mol. The van der Waals surface area contributed by atoms with E-state index in [1.165, 1.54) is 16.8 Å².